The van der Waals surface area contributed by atoms with Gasteiger partial charge in [-0.05, 0) is 43.7 Å². The van der Waals surface area contributed by atoms with Crippen molar-refractivity contribution in [3.8, 4) is 17.2 Å². The second kappa shape index (κ2) is 9.03. The van der Waals surface area contributed by atoms with Crippen molar-refractivity contribution in [2.45, 2.75) is 13.8 Å². The molecule has 5 aromatic rings. The van der Waals surface area contributed by atoms with Gasteiger partial charge in [0.15, 0.2) is 17.1 Å². The number of ether oxygens (including phenoxy) is 1. The van der Waals surface area contributed by atoms with Crippen LogP contribution < -0.4 is 10.9 Å². The number of hydrogen-bond acceptors (Lipinski definition) is 9. The lowest BCUT2D eigenvalue weighted by Crippen LogP contribution is -2.25. The van der Waals surface area contributed by atoms with Crippen molar-refractivity contribution in [2.75, 3.05) is 11.9 Å². The van der Waals surface area contributed by atoms with Crippen LogP contribution in [-0.4, -0.2) is 33.4 Å². The fraction of sp³-hybridized carbons (Fsp3) is 0.125. The highest BCUT2D eigenvalue weighted by atomic mass is 32.1. The molecule has 1 aromatic carbocycles. The number of nitrogens with one attached hydrogen (secondary N) is 1. The van der Waals surface area contributed by atoms with Crippen LogP contribution >= 0.6 is 11.3 Å². The van der Waals surface area contributed by atoms with Gasteiger partial charge in [0, 0.05) is 16.8 Å². The average Bonchev–Trinajstić information content (AvgIpc) is 3.60. The zero-order valence-electron chi connectivity index (χ0n) is 18.6. The Balaban J connectivity index is 1.59. The maximum Gasteiger partial charge on any atom is 0.359 e. The summed E-state index contributed by atoms with van der Waals surface area (Å²) in [5.74, 6) is -0.559. The highest BCUT2D eigenvalue weighted by Crippen LogP contribution is 2.31. The van der Waals surface area contributed by atoms with E-state index in [1.54, 1.807) is 42.6 Å². The number of aryl methyl sites for hydroxylation is 1. The zero-order valence-corrected chi connectivity index (χ0v) is 19.4. The summed E-state index contributed by atoms with van der Waals surface area (Å²) >= 11 is 1.09. The van der Waals surface area contributed by atoms with E-state index < -0.39 is 17.4 Å². The van der Waals surface area contributed by atoms with Crippen LogP contribution in [0.3, 0.4) is 0 Å². The Hall–Kier alpha value is -4.51. The first kappa shape index (κ1) is 22.3. The van der Waals surface area contributed by atoms with Crippen LogP contribution in [0.15, 0.2) is 67.8 Å². The highest BCUT2D eigenvalue weighted by Gasteiger charge is 2.24. The summed E-state index contributed by atoms with van der Waals surface area (Å²) < 4.78 is 16.7. The van der Waals surface area contributed by atoms with Gasteiger partial charge in [0.1, 0.15) is 5.00 Å². The van der Waals surface area contributed by atoms with Gasteiger partial charge < -0.3 is 19.0 Å². The van der Waals surface area contributed by atoms with E-state index >= 15 is 0 Å². The van der Waals surface area contributed by atoms with Gasteiger partial charge in [-0.1, -0.05) is 17.3 Å². The van der Waals surface area contributed by atoms with Crippen LogP contribution in [0.1, 0.15) is 33.5 Å². The smallest absolute Gasteiger partial charge is 0.359 e. The van der Waals surface area contributed by atoms with Crippen molar-refractivity contribution in [3.05, 3.63) is 81.4 Å². The van der Waals surface area contributed by atoms with Gasteiger partial charge in [0.25, 0.3) is 11.5 Å². The molecule has 176 valence electrons. The van der Waals surface area contributed by atoms with E-state index in [4.69, 9.17) is 13.7 Å². The molecular weight excluding hydrogens is 472 g/mol. The van der Waals surface area contributed by atoms with E-state index in [1.165, 1.54) is 12.3 Å². The van der Waals surface area contributed by atoms with Crippen molar-refractivity contribution >= 4 is 39.0 Å². The minimum Gasteiger partial charge on any atom is -0.461 e. The predicted octanol–water partition coefficient (Wildman–Crippen LogP) is 4.43. The summed E-state index contributed by atoms with van der Waals surface area (Å²) in [6.45, 7) is 3.70. The molecule has 0 saturated heterocycles. The summed E-state index contributed by atoms with van der Waals surface area (Å²) in [7, 11) is 0. The van der Waals surface area contributed by atoms with Gasteiger partial charge in [0.2, 0.25) is 5.76 Å². The van der Waals surface area contributed by atoms with Crippen LogP contribution in [0.4, 0.5) is 5.00 Å². The largest absolute Gasteiger partial charge is 0.461 e. The molecule has 0 atom stereocenters. The molecule has 5 rings (SSSR count). The van der Waals surface area contributed by atoms with Gasteiger partial charge in [-0.15, -0.1) is 11.3 Å². The predicted molar refractivity (Wildman–Crippen MR) is 128 cm³/mol. The zero-order chi connectivity index (χ0) is 24.5. The van der Waals surface area contributed by atoms with Gasteiger partial charge in [-0.25, -0.2) is 4.79 Å². The molecule has 4 heterocycles. The Kier molecular flexibility index (Phi) is 5.75. The summed E-state index contributed by atoms with van der Waals surface area (Å²) in [6.07, 6.45) is 1.48. The molecule has 0 aliphatic rings. The molecule has 0 saturated carbocycles. The van der Waals surface area contributed by atoms with Crippen LogP contribution in [0.2, 0.25) is 0 Å². The van der Waals surface area contributed by atoms with Crippen LogP contribution in [0, 0.1) is 6.92 Å². The second-order valence-corrected chi connectivity index (χ2v) is 8.37. The summed E-state index contributed by atoms with van der Waals surface area (Å²) in [6, 6.07) is 11.9. The summed E-state index contributed by atoms with van der Waals surface area (Å²) in [5.41, 5.74) is 0.862. The number of furan rings is 1. The Morgan fingerprint density at radius 1 is 1.17 bits per heavy atom. The number of carbonyl (C=O) groups is 2. The van der Waals surface area contributed by atoms with Crippen molar-refractivity contribution in [3.63, 3.8) is 0 Å². The van der Waals surface area contributed by atoms with Gasteiger partial charge in [-0.3, -0.25) is 9.59 Å². The lowest BCUT2D eigenvalue weighted by Gasteiger charge is -2.10. The first-order valence-corrected chi connectivity index (χ1v) is 11.4. The molecule has 10 nitrogen and oxygen atoms in total. The van der Waals surface area contributed by atoms with Crippen molar-refractivity contribution in [2.24, 2.45) is 0 Å². The monoisotopic (exact) mass is 490 g/mol. The van der Waals surface area contributed by atoms with E-state index in [2.05, 4.69) is 15.6 Å². The second-order valence-electron chi connectivity index (χ2n) is 7.49. The van der Waals surface area contributed by atoms with Crippen LogP contribution in [-0.2, 0) is 4.74 Å². The number of benzene rings is 1. The topological polar surface area (TPSA) is 129 Å². The number of hydrogen-bond donors (Lipinski definition) is 1. The fourth-order valence-electron chi connectivity index (χ4n) is 3.51. The third-order valence-corrected chi connectivity index (χ3v) is 6.00. The molecule has 0 fully saturated rings. The lowest BCUT2D eigenvalue weighted by atomic mass is 10.2. The Labute approximate surface area is 201 Å². The number of thiophene rings is 1. The maximum absolute atomic E-state index is 13.5. The number of esters is 1. The van der Waals surface area contributed by atoms with E-state index in [-0.39, 0.29) is 39.5 Å². The molecule has 4 aromatic heterocycles. The minimum absolute atomic E-state index is 0.00312. The van der Waals surface area contributed by atoms with E-state index in [0.29, 0.717) is 11.4 Å². The van der Waals surface area contributed by atoms with Crippen molar-refractivity contribution in [1.29, 1.82) is 0 Å². The van der Waals surface area contributed by atoms with Crippen molar-refractivity contribution in [1.82, 2.24) is 14.9 Å². The number of nitrogens with zero attached hydrogens (tertiary/aromatic N) is 3. The Morgan fingerprint density at radius 2 is 2.03 bits per heavy atom. The molecule has 0 aliphatic carbocycles. The molecule has 0 spiro atoms. The number of rotatable bonds is 6. The number of amides is 1. The Bertz CT molecular complexity index is 1610. The molecule has 0 radical (unpaired) electrons. The van der Waals surface area contributed by atoms with Crippen LogP contribution in [0.25, 0.3) is 28.0 Å². The molecule has 0 bridgehead atoms. The number of anilines is 1. The van der Waals surface area contributed by atoms with Gasteiger partial charge in [-0.2, -0.15) is 9.78 Å². The molecule has 1 amide bonds. The quantitative estimate of drug-likeness (QED) is 0.346. The maximum atomic E-state index is 13.5. The van der Waals surface area contributed by atoms with E-state index in [9.17, 15) is 14.4 Å². The number of aromatic nitrogens is 3. The molecule has 0 aliphatic heterocycles. The number of fused-ring (bicyclic) bond motifs is 1. The summed E-state index contributed by atoms with van der Waals surface area (Å²) in [5, 5.41) is 13.0. The standard InChI is InChI=1S/C24H18N4O6S/c1-3-32-24(31)20-15-12-35-22(19(15)23(30)28(26-20)14-7-4-6-13(2)10-14)25-21(29)16-11-18(34-27-16)17-8-5-9-33-17/h4-12H,3H2,1-2H3,(H,25,29). The molecule has 11 heteroatoms. The van der Waals surface area contributed by atoms with E-state index in [1.807, 2.05) is 13.0 Å². The first-order valence-electron chi connectivity index (χ1n) is 10.6. The Morgan fingerprint density at radius 3 is 2.77 bits per heavy atom. The number of carbonyl (C=O) groups excluding carboxylic acids is 2. The lowest BCUT2D eigenvalue weighted by molar-refractivity contribution is 0.0520. The van der Waals surface area contributed by atoms with Crippen molar-refractivity contribution < 1.29 is 23.3 Å². The third-order valence-electron chi connectivity index (χ3n) is 5.10. The first-order chi connectivity index (χ1) is 17.0. The highest BCUT2D eigenvalue weighted by molar-refractivity contribution is 7.16. The normalized spacial score (nSPS) is 11.0. The molecule has 1 N–H and O–H groups in total. The molecule has 35 heavy (non-hydrogen) atoms. The van der Waals surface area contributed by atoms with Gasteiger partial charge in [0.05, 0.1) is 23.9 Å². The minimum atomic E-state index is -0.672. The fourth-order valence-corrected chi connectivity index (χ4v) is 4.44. The SMILES string of the molecule is CCOC(=O)c1nn(-c2cccc(C)c2)c(=O)c2c(NC(=O)c3cc(-c4ccco4)on3)scc12. The van der Waals surface area contributed by atoms with E-state index in [0.717, 1.165) is 21.6 Å². The summed E-state index contributed by atoms with van der Waals surface area (Å²) in [4.78, 5) is 39.1. The average molecular weight is 490 g/mol. The molecular formula is C24H18N4O6S. The third kappa shape index (κ3) is 4.13. The molecule has 0 unspecified atom stereocenters. The van der Waals surface area contributed by atoms with Crippen LogP contribution in [0.5, 0.6) is 0 Å². The van der Waals surface area contributed by atoms with Gasteiger partial charge >= 0.3 is 5.97 Å².